The maximum atomic E-state index is 11.6. The Morgan fingerprint density at radius 2 is 1.70 bits per heavy atom. The summed E-state index contributed by atoms with van der Waals surface area (Å²) < 4.78 is 20.5. The Morgan fingerprint density at radius 3 is 2.25 bits per heavy atom. The number of hydrogen-bond acceptors (Lipinski definition) is 6. The molecule has 0 saturated carbocycles. The van der Waals surface area contributed by atoms with Crippen LogP contribution < -0.4 is 14.2 Å². The van der Waals surface area contributed by atoms with E-state index < -0.39 is 5.97 Å². The Morgan fingerprint density at radius 1 is 1.00 bits per heavy atom. The SMILES string of the molecule is COC(=O)c1ccc2c(OC)c(OC)cc(OC)c2n1. The molecule has 6 heteroatoms. The molecule has 20 heavy (non-hydrogen) atoms. The Kier molecular flexibility index (Phi) is 3.93. The normalized spacial score (nSPS) is 10.2. The number of ether oxygens (including phenoxy) is 4. The number of pyridine rings is 1. The average Bonchev–Trinajstić information content (AvgIpc) is 2.51. The molecule has 2 rings (SSSR count). The molecule has 0 amide bonds. The van der Waals surface area contributed by atoms with Crippen LogP contribution in [0.2, 0.25) is 0 Å². The minimum absolute atomic E-state index is 0.200. The van der Waals surface area contributed by atoms with E-state index in [4.69, 9.17) is 14.2 Å². The second-order valence-electron chi connectivity index (χ2n) is 3.90. The van der Waals surface area contributed by atoms with Gasteiger partial charge in [0.2, 0.25) is 0 Å². The quantitative estimate of drug-likeness (QED) is 0.797. The van der Waals surface area contributed by atoms with Gasteiger partial charge in [0.25, 0.3) is 0 Å². The Balaban J connectivity index is 2.77. The lowest BCUT2D eigenvalue weighted by Crippen LogP contribution is -2.05. The first-order valence-electron chi connectivity index (χ1n) is 5.84. The van der Waals surface area contributed by atoms with Crippen molar-refractivity contribution in [2.45, 2.75) is 0 Å². The van der Waals surface area contributed by atoms with E-state index in [1.807, 2.05) is 0 Å². The molecule has 0 aliphatic heterocycles. The van der Waals surface area contributed by atoms with Crippen LogP contribution in [0.5, 0.6) is 17.2 Å². The van der Waals surface area contributed by atoms with Gasteiger partial charge in [-0.05, 0) is 12.1 Å². The Bertz CT molecular complexity index is 654. The molecule has 1 aromatic heterocycles. The monoisotopic (exact) mass is 277 g/mol. The van der Waals surface area contributed by atoms with Gasteiger partial charge in [0.15, 0.2) is 11.5 Å². The summed E-state index contributed by atoms with van der Waals surface area (Å²) in [5.41, 5.74) is 0.707. The third-order valence-corrected chi connectivity index (χ3v) is 2.90. The summed E-state index contributed by atoms with van der Waals surface area (Å²) in [5, 5.41) is 0.691. The second kappa shape index (κ2) is 5.64. The summed E-state index contributed by atoms with van der Waals surface area (Å²) in [5.74, 6) is 1.05. The molecular formula is C14H15NO5. The number of nitrogens with zero attached hydrogens (tertiary/aromatic N) is 1. The van der Waals surface area contributed by atoms with E-state index in [1.165, 1.54) is 21.3 Å². The largest absolute Gasteiger partial charge is 0.494 e. The zero-order valence-corrected chi connectivity index (χ0v) is 11.7. The number of aromatic nitrogens is 1. The van der Waals surface area contributed by atoms with E-state index in [0.717, 1.165) is 0 Å². The summed E-state index contributed by atoms with van der Waals surface area (Å²) in [4.78, 5) is 15.8. The maximum Gasteiger partial charge on any atom is 0.356 e. The highest BCUT2D eigenvalue weighted by atomic mass is 16.5. The van der Waals surface area contributed by atoms with E-state index in [2.05, 4.69) is 9.72 Å². The van der Waals surface area contributed by atoms with Crippen LogP contribution in [0.3, 0.4) is 0 Å². The number of methoxy groups -OCH3 is 4. The Labute approximate surface area is 116 Å². The predicted octanol–water partition coefficient (Wildman–Crippen LogP) is 2.05. The topological polar surface area (TPSA) is 66.9 Å². The first-order chi connectivity index (χ1) is 9.65. The van der Waals surface area contributed by atoms with E-state index in [1.54, 1.807) is 25.3 Å². The first kappa shape index (κ1) is 13.9. The van der Waals surface area contributed by atoms with E-state index >= 15 is 0 Å². The highest BCUT2D eigenvalue weighted by molar-refractivity contribution is 5.96. The summed E-state index contributed by atoms with van der Waals surface area (Å²) in [7, 11) is 5.91. The third kappa shape index (κ3) is 2.20. The fourth-order valence-electron chi connectivity index (χ4n) is 1.95. The van der Waals surface area contributed by atoms with Gasteiger partial charge in [-0.2, -0.15) is 0 Å². The lowest BCUT2D eigenvalue weighted by molar-refractivity contribution is 0.0594. The zero-order valence-electron chi connectivity index (χ0n) is 11.7. The molecule has 0 N–H and O–H groups in total. The molecule has 106 valence electrons. The van der Waals surface area contributed by atoms with Gasteiger partial charge in [-0.3, -0.25) is 0 Å². The predicted molar refractivity (Wildman–Crippen MR) is 72.7 cm³/mol. The van der Waals surface area contributed by atoms with Gasteiger partial charge >= 0.3 is 5.97 Å². The molecule has 0 fully saturated rings. The van der Waals surface area contributed by atoms with Crippen molar-refractivity contribution in [2.75, 3.05) is 28.4 Å². The number of carbonyl (C=O) groups excluding carboxylic acids is 1. The number of benzene rings is 1. The molecule has 1 heterocycles. The van der Waals surface area contributed by atoms with Crippen LogP contribution in [0.25, 0.3) is 10.9 Å². The molecule has 0 aliphatic carbocycles. The summed E-state index contributed by atoms with van der Waals surface area (Å²) in [6, 6.07) is 4.95. The molecule has 0 atom stereocenters. The van der Waals surface area contributed by atoms with Gasteiger partial charge in [0, 0.05) is 6.07 Å². The highest BCUT2D eigenvalue weighted by Crippen LogP contribution is 2.40. The zero-order chi connectivity index (χ0) is 14.7. The summed E-state index contributed by atoms with van der Waals surface area (Å²) in [6.07, 6.45) is 0. The van der Waals surface area contributed by atoms with Crippen molar-refractivity contribution in [3.8, 4) is 17.2 Å². The first-order valence-corrected chi connectivity index (χ1v) is 5.84. The van der Waals surface area contributed by atoms with Crippen molar-refractivity contribution in [1.82, 2.24) is 4.98 Å². The number of fused-ring (bicyclic) bond motifs is 1. The molecule has 0 unspecified atom stereocenters. The standard InChI is InChI=1S/C14H15NO5/c1-17-10-7-11(18-2)13(19-3)8-5-6-9(14(16)20-4)15-12(8)10/h5-7H,1-4H3. The highest BCUT2D eigenvalue weighted by Gasteiger charge is 2.17. The van der Waals surface area contributed by atoms with Crippen molar-refractivity contribution in [3.05, 3.63) is 23.9 Å². The van der Waals surface area contributed by atoms with Crippen LogP contribution in [0.4, 0.5) is 0 Å². The van der Waals surface area contributed by atoms with Crippen molar-refractivity contribution in [3.63, 3.8) is 0 Å². The van der Waals surface area contributed by atoms with Crippen LogP contribution in [-0.2, 0) is 4.74 Å². The van der Waals surface area contributed by atoms with Crippen LogP contribution in [0.1, 0.15) is 10.5 Å². The van der Waals surface area contributed by atoms with Gasteiger partial charge < -0.3 is 18.9 Å². The van der Waals surface area contributed by atoms with Crippen molar-refractivity contribution in [1.29, 1.82) is 0 Å². The maximum absolute atomic E-state index is 11.6. The van der Waals surface area contributed by atoms with Gasteiger partial charge in [0.05, 0.1) is 33.8 Å². The van der Waals surface area contributed by atoms with Gasteiger partial charge in [-0.25, -0.2) is 9.78 Å². The summed E-state index contributed by atoms with van der Waals surface area (Å²) in [6.45, 7) is 0. The minimum atomic E-state index is -0.510. The van der Waals surface area contributed by atoms with Crippen LogP contribution in [0, 0.1) is 0 Å². The minimum Gasteiger partial charge on any atom is -0.494 e. The van der Waals surface area contributed by atoms with E-state index in [-0.39, 0.29) is 5.69 Å². The molecule has 0 radical (unpaired) electrons. The Hall–Kier alpha value is -2.50. The molecule has 0 saturated heterocycles. The van der Waals surface area contributed by atoms with E-state index in [9.17, 15) is 4.79 Å². The second-order valence-corrected chi connectivity index (χ2v) is 3.90. The fourth-order valence-corrected chi connectivity index (χ4v) is 1.95. The van der Waals surface area contributed by atoms with Crippen LogP contribution in [-0.4, -0.2) is 39.4 Å². The molecule has 0 aliphatic rings. The van der Waals surface area contributed by atoms with Crippen molar-refractivity contribution >= 4 is 16.9 Å². The molecular weight excluding hydrogens is 262 g/mol. The lowest BCUT2D eigenvalue weighted by Gasteiger charge is -2.13. The number of rotatable bonds is 4. The molecule has 6 nitrogen and oxygen atoms in total. The smallest absolute Gasteiger partial charge is 0.356 e. The molecule has 0 spiro atoms. The molecule has 2 aromatic rings. The number of carbonyl (C=O) groups is 1. The van der Waals surface area contributed by atoms with Crippen LogP contribution in [0.15, 0.2) is 18.2 Å². The van der Waals surface area contributed by atoms with Gasteiger partial charge in [-0.1, -0.05) is 0 Å². The van der Waals surface area contributed by atoms with Gasteiger partial charge in [-0.15, -0.1) is 0 Å². The number of esters is 1. The van der Waals surface area contributed by atoms with Crippen molar-refractivity contribution < 1.29 is 23.7 Å². The average molecular weight is 277 g/mol. The molecule has 1 aromatic carbocycles. The van der Waals surface area contributed by atoms with Crippen LogP contribution >= 0.6 is 0 Å². The fraction of sp³-hybridized carbons (Fsp3) is 0.286. The summed E-state index contributed by atoms with van der Waals surface area (Å²) >= 11 is 0. The number of hydrogen-bond donors (Lipinski definition) is 0. The lowest BCUT2D eigenvalue weighted by atomic mass is 10.1. The van der Waals surface area contributed by atoms with E-state index in [0.29, 0.717) is 28.2 Å². The van der Waals surface area contributed by atoms with Crippen molar-refractivity contribution in [2.24, 2.45) is 0 Å². The molecule has 0 bridgehead atoms. The van der Waals surface area contributed by atoms with Gasteiger partial charge in [0.1, 0.15) is 17.0 Å². The third-order valence-electron chi connectivity index (χ3n) is 2.90.